The van der Waals surface area contributed by atoms with Crippen molar-refractivity contribution in [2.24, 2.45) is 11.3 Å². The van der Waals surface area contributed by atoms with Crippen LogP contribution in [-0.2, 0) is 14.8 Å². The molecule has 2 saturated heterocycles. The molecule has 4 aliphatic rings. The van der Waals surface area contributed by atoms with Gasteiger partial charge in [0.2, 0.25) is 5.88 Å². The van der Waals surface area contributed by atoms with Crippen LogP contribution in [0, 0.1) is 21.4 Å². The summed E-state index contributed by atoms with van der Waals surface area (Å²) in [5.74, 6) is -1.75. The van der Waals surface area contributed by atoms with Gasteiger partial charge in [-0.25, -0.2) is 13.1 Å². The van der Waals surface area contributed by atoms with Crippen LogP contribution in [0.3, 0.4) is 0 Å². The first kappa shape index (κ1) is 32.1. The summed E-state index contributed by atoms with van der Waals surface area (Å²) in [5, 5.41) is 16.1. The van der Waals surface area contributed by atoms with Crippen molar-refractivity contribution in [3.63, 3.8) is 0 Å². The molecule has 5 aromatic rings. The van der Waals surface area contributed by atoms with Gasteiger partial charge in [0, 0.05) is 101 Å². The third-order valence-corrected chi connectivity index (χ3v) is 13.9. The van der Waals surface area contributed by atoms with Crippen molar-refractivity contribution in [3.8, 4) is 5.88 Å². The minimum Gasteiger partial charge on any atom is -0.476 e. The molecule has 65 heavy (non-hydrogen) atoms. The molecule has 1 aliphatic carbocycles. The Kier molecular flexibility index (Phi) is 9.21. The molecule has 0 spiro atoms. The summed E-state index contributed by atoms with van der Waals surface area (Å²) in [7, 11) is -4.93. The van der Waals surface area contributed by atoms with E-state index < -0.39 is 87.1 Å². The summed E-state index contributed by atoms with van der Waals surface area (Å²) in [6.45, 7) is -9.21. The maximum atomic E-state index is 14.6. The number of ether oxygens (including phenoxy) is 2. The molecule has 2 fully saturated rings. The second-order valence-electron chi connectivity index (χ2n) is 16.6. The second kappa shape index (κ2) is 18.7. The molecule has 0 radical (unpaired) electrons. The van der Waals surface area contributed by atoms with Gasteiger partial charge in [-0.3, -0.25) is 19.8 Å². The molecule has 0 atom stereocenters. The summed E-state index contributed by atoms with van der Waals surface area (Å²) >= 11 is 6.22. The van der Waals surface area contributed by atoms with Crippen molar-refractivity contribution in [1.82, 2.24) is 19.6 Å². The van der Waals surface area contributed by atoms with E-state index >= 15 is 0 Å². The average molecular weight is 936 g/mol. The van der Waals surface area contributed by atoms with E-state index in [9.17, 15) is 26.1 Å². The number of aromatic amines is 1. The van der Waals surface area contributed by atoms with E-state index in [2.05, 4.69) is 20.2 Å². The number of nitro groups is 1. The number of hydrogen-bond acceptors (Lipinski definition) is 12. The van der Waals surface area contributed by atoms with E-state index in [1.165, 1.54) is 36.5 Å². The number of aromatic nitrogens is 2. The minimum absolute atomic E-state index is 0.0517. The van der Waals surface area contributed by atoms with Crippen molar-refractivity contribution in [3.05, 3.63) is 111 Å². The zero-order valence-electron chi connectivity index (χ0n) is 47.2. The summed E-state index contributed by atoms with van der Waals surface area (Å²) < 4.78 is 146. The number of rotatable bonds is 12. The molecular formula is C48H55ClN8O7S. The number of sulfonamides is 1. The number of benzene rings is 3. The molecule has 1 amide bonds. The third kappa shape index (κ3) is 9.95. The normalized spacial score (nSPS) is 24.0. The third-order valence-electron chi connectivity index (χ3n) is 12.3. The van der Waals surface area contributed by atoms with Gasteiger partial charge < -0.3 is 29.6 Å². The SMILES string of the molecule is [2H]C([2H])([2H])C1(C([2H])([2H])[2H])CCC(CN2CCN(c3ccc(C(=O)NS(=O)(=O)c4ccc(NCC5CCOCC5)c([N+](=O)[O-])c4)c(N4c5cc6cc[nH]c6nc5OC([2H])([2H])C([2H])([2H])C4([2H])[2H])c3)CC2)=C(c2ccc(Cl)cc2)C1. The average Bonchev–Trinajstić information content (AvgIpc) is 3.92. The number of carbonyl (C=O) groups is 1. The number of allylic oxidation sites excluding steroid dienone is 1. The smallest absolute Gasteiger partial charge is 0.293 e. The number of fused-ring (bicyclic) bond motifs is 2. The maximum absolute atomic E-state index is 14.6. The Morgan fingerprint density at radius 2 is 1.85 bits per heavy atom. The zero-order valence-corrected chi connectivity index (χ0v) is 36.7. The summed E-state index contributed by atoms with van der Waals surface area (Å²) in [6, 6.07) is 16.9. The van der Waals surface area contributed by atoms with Crippen LogP contribution >= 0.6 is 11.6 Å². The molecular weight excluding hydrogens is 868 g/mol. The fourth-order valence-corrected chi connectivity index (χ4v) is 9.81. The van der Waals surface area contributed by atoms with Crippen LogP contribution in [0.25, 0.3) is 16.6 Å². The van der Waals surface area contributed by atoms with Crippen LogP contribution in [0.5, 0.6) is 5.88 Å². The number of anilines is 4. The molecule has 17 heteroatoms. The highest BCUT2D eigenvalue weighted by molar-refractivity contribution is 7.90. The first-order valence-electron chi connectivity index (χ1n) is 27.3. The molecule has 0 bridgehead atoms. The lowest BCUT2D eigenvalue weighted by atomic mass is 9.72. The molecule has 5 heterocycles. The highest BCUT2D eigenvalue weighted by Gasteiger charge is 2.32. The lowest BCUT2D eigenvalue weighted by Gasteiger charge is -2.39. The van der Waals surface area contributed by atoms with Crippen LogP contribution < -0.4 is 24.6 Å². The monoisotopic (exact) mass is 934 g/mol. The van der Waals surface area contributed by atoms with Crippen LogP contribution in [0.1, 0.15) is 84.6 Å². The van der Waals surface area contributed by atoms with Crippen molar-refractivity contribution < 1.29 is 44.1 Å². The number of piperazine rings is 1. The van der Waals surface area contributed by atoms with Crippen LogP contribution in [0.4, 0.5) is 28.4 Å². The van der Waals surface area contributed by atoms with Gasteiger partial charge in [0.1, 0.15) is 17.0 Å². The fraction of sp³-hybridized carbons (Fsp3) is 0.417. The Bertz CT molecular complexity index is 3220. The number of amides is 1. The predicted octanol–water partition coefficient (Wildman–Crippen LogP) is 8.79. The van der Waals surface area contributed by atoms with Crippen LogP contribution in [-0.4, -0.2) is 99.7 Å². The Hall–Kier alpha value is -5.68. The molecule has 3 aliphatic heterocycles. The predicted molar refractivity (Wildman–Crippen MR) is 254 cm³/mol. The van der Waals surface area contributed by atoms with Crippen molar-refractivity contribution in [2.45, 2.75) is 57.1 Å². The topological polar surface area (TPSA) is 175 Å². The van der Waals surface area contributed by atoms with Crippen molar-refractivity contribution >= 4 is 72.6 Å². The minimum atomic E-state index is -4.93. The van der Waals surface area contributed by atoms with E-state index in [4.69, 9.17) is 34.8 Å². The van der Waals surface area contributed by atoms with Crippen molar-refractivity contribution in [2.75, 3.05) is 80.7 Å². The fourth-order valence-electron chi connectivity index (χ4n) is 8.70. The van der Waals surface area contributed by atoms with Gasteiger partial charge in [0.15, 0.2) is 0 Å². The van der Waals surface area contributed by atoms with Crippen LogP contribution in [0.2, 0.25) is 5.02 Å². The van der Waals surface area contributed by atoms with Gasteiger partial charge in [0.05, 0.1) is 30.4 Å². The van der Waals surface area contributed by atoms with E-state index in [0.29, 0.717) is 79.7 Å². The maximum Gasteiger partial charge on any atom is 0.293 e. The number of H-pyrrole nitrogens is 1. The Balaban J connectivity index is 1.07. The number of carbonyl (C=O) groups excluding carboxylic acids is 1. The molecule has 3 aromatic carbocycles. The molecule has 342 valence electrons. The first-order chi connectivity index (χ1) is 36.0. The summed E-state index contributed by atoms with van der Waals surface area (Å²) in [5.41, 5.74) is -1.09. The van der Waals surface area contributed by atoms with E-state index in [1.54, 1.807) is 30.3 Å². The number of nitrogens with zero attached hydrogens (tertiary/aromatic N) is 5. The highest BCUT2D eigenvalue weighted by Crippen LogP contribution is 2.44. The van der Waals surface area contributed by atoms with Gasteiger partial charge in [-0.2, -0.15) is 4.98 Å². The Morgan fingerprint density at radius 1 is 1.05 bits per heavy atom. The quantitative estimate of drug-likeness (QED) is 0.0803. The molecule has 0 saturated carbocycles. The molecule has 15 nitrogen and oxygen atoms in total. The number of nitrogens with one attached hydrogen (secondary N) is 3. The lowest BCUT2D eigenvalue weighted by Crippen LogP contribution is -2.47. The van der Waals surface area contributed by atoms with Gasteiger partial charge in [-0.15, -0.1) is 0 Å². The second-order valence-corrected chi connectivity index (χ2v) is 18.7. The molecule has 2 aromatic heterocycles. The summed E-state index contributed by atoms with van der Waals surface area (Å²) in [6.07, 6.45) is -0.690. The summed E-state index contributed by atoms with van der Waals surface area (Å²) in [4.78, 5) is 37.5. The van der Waals surface area contributed by atoms with Crippen LogP contribution in [0.15, 0.2) is 89.5 Å². The largest absolute Gasteiger partial charge is 0.476 e. The molecule has 9 rings (SSSR count). The Labute approximate surface area is 401 Å². The van der Waals surface area contributed by atoms with E-state index in [0.717, 1.165) is 35.4 Å². The highest BCUT2D eigenvalue weighted by atomic mass is 35.5. The molecule has 3 N–H and O–H groups in total. The number of nitro benzene ring substituents is 1. The van der Waals surface area contributed by atoms with E-state index in [1.807, 2.05) is 9.62 Å². The van der Waals surface area contributed by atoms with Gasteiger partial charge in [-0.05, 0) is 116 Å². The lowest BCUT2D eigenvalue weighted by molar-refractivity contribution is -0.384. The number of pyridine rings is 1. The first-order valence-corrected chi connectivity index (χ1v) is 23.1. The van der Waals surface area contributed by atoms with Gasteiger partial charge in [-0.1, -0.05) is 43.0 Å². The van der Waals surface area contributed by atoms with Gasteiger partial charge >= 0.3 is 0 Å². The zero-order chi connectivity index (χ0) is 55.7. The van der Waals surface area contributed by atoms with Crippen molar-refractivity contribution in [1.29, 1.82) is 0 Å². The number of halogens is 1. The number of hydrogen-bond donors (Lipinski definition) is 3. The van der Waals surface area contributed by atoms with E-state index in [-0.39, 0.29) is 42.2 Å². The Morgan fingerprint density at radius 3 is 2.62 bits per heavy atom. The molecule has 0 unspecified atom stereocenters. The van der Waals surface area contributed by atoms with Gasteiger partial charge in [0.25, 0.3) is 21.6 Å². The standard InChI is InChI=1S/C48H55ClN8O7S/c1-48(2)16-12-35(40(29-48)33-4-6-36(49)7-5-33)31-54-19-21-55(22-20-54)37-8-10-39(42(27-37)56-18-3-23-64-47-44(56)26-34-13-17-50-45(34)52-47)46(58)53-65(61,62)38-9-11-41(43(28-38)57(59)60)51-30-32-14-24-63-25-15-32/h4-11,13,17,26-28,32,51H,3,12,14-16,18-25,29-31H2,1-2H3,(H,50,52)(H,53,58)/i1D3,2D3,3D2,18D2,23D2.